The minimum absolute atomic E-state index is 0.0557. The van der Waals surface area contributed by atoms with Crippen LogP contribution in [0.15, 0.2) is 23.4 Å². The Kier molecular flexibility index (Phi) is 4.45. The molecule has 1 N–H and O–H groups in total. The molecule has 112 valence electrons. The fraction of sp³-hybridized carbons (Fsp3) is 0.467. The first-order valence-corrected chi connectivity index (χ1v) is 9.10. The number of carbonyl (C=O) groups is 1. The molecule has 1 fully saturated rings. The van der Waals surface area contributed by atoms with Gasteiger partial charge in [-0.25, -0.2) is 4.98 Å². The van der Waals surface area contributed by atoms with E-state index in [1.165, 1.54) is 35.9 Å². The number of carboxylic acids is 1. The van der Waals surface area contributed by atoms with E-state index >= 15 is 0 Å². The van der Waals surface area contributed by atoms with E-state index in [1.54, 1.807) is 0 Å². The zero-order valence-electron chi connectivity index (χ0n) is 11.9. The molecule has 2 heterocycles. The molecule has 3 rings (SSSR count). The van der Waals surface area contributed by atoms with E-state index in [1.807, 2.05) is 17.8 Å². The standard InChI is InChI=1S/C15H18N2O2S2/c1-10-4-5-12-13(7-10)17(8-11-3-2-6-20-11)15(16-12)21-9-14(18)19/h4-5,7,11H,2-3,6,8-9H2,1H3,(H,18,19). The molecule has 0 radical (unpaired) electrons. The van der Waals surface area contributed by atoms with Gasteiger partial charge < -0.3 is 9.67 Å². The molecule has 1 aliphatic heterocycles. The van der Waals surface area contributed by atoms with Crippen LogP contribution in [0.25, 0.3) is 11.0 Å². The molecule has 1 aromatic heterocycles. The fourth-order valence-electron chi connectivity index (χ4n) is 2.62. The van der Waals surface area contributed by atoms with Crippen LogP contribution in [0.3, 0.4) is 0 Å². The average Bonchev–Trinajstić information content (AvgIpc) is 3.06. The lowest BCUT2D eigenvalue weighted by Crippen LogP contribution is -2.11. The monoisotopic (exact) mass is 322 g/mol. The lowest BCUT2D eigenvalue weighted by Gasteiger charge is -2.13. The van der Waals surface area contributed by atoms with Crippen LogP contribution in [0, 0.1) is 6.92 Å². The summed E-state index contributed by atoms with van der Waals surface area (Å²) in [6.07, 6.45) is 2.51. The van der Waals surface area contributed by atoms with E-state index in [0.717, 1.165) is 22.7 Å². The molecule has 21 heavy (non-hydrogen) atoms. The van der Waals surface area contributed by atoms with Gasteiger partial charge in [0.1, 0.15) is 0 Å². The van der Waals surface area contributed by atoms with Crippen LogP contribution in [0.1, 0.15) is 18.4 Å². The highest BCUT2D eigenvalue weighted by atomic mass is 32.2. The highest BCUT2D eigenvalue weighted by Crippen LogP contribution is 2.31. The number of carboxylic acid groups (broad SMARTS) is 1. The number of imidazole rings is 1. The van der Waals surface area contributed by atoms with Gasteiger partial charge in [0.25, 0.3) is 0 Å². The summed E-state index contributed by atoms with van der Waals surface area (Å²) in [6, 6.07) is 6.22. The topological polar surface area (TPSA) is 55.1 Å². The highest BCUT2D eigenvalue weighted by molar-refractivity contribution is 8.00. The van der Waals surface area contributed by atoms with Crippen LogP contribution in [0.2, 0.25) is 0 Å². The van der Waals surface area contributed by atoms with Crippen molar-refractivity contribution in [2.24, 2.45) is 0 Å². The Balaban J connectivity index is 1.96. The molecule has 6 heteroatoms. The van der Waals surface area contributed by atoms with Gasteiger partial charge >= 0.3 is 5.97 Å². The minimum Gasteiger partial charge on any atom is -0.481 e. The van der Waals surface area contributed by atoms with Crippen molar-refractivity contribution in [3.8, 4) is 0 Å². The smallest absolute Gasteiger partial charge is 0.313 e. The van der Waals surface area contributed by atoms with Crippen LogP contribution in [-0.4, -0.2) is 37.4 Å². The van der Waals surface area contributed by atoms with Crippen LogP contribution < -0.4 is 0 Å². The van der Waals surface area contributed by atoms with Gasteiger partial charge in [0, 0.05) is 11.8 Å². The van der Waals surface area contributed by atoms with E-state index < -0.39 is 5.97 Å². The molecule has 1 aliphatic rings. The van der Waals surface area contributed by atoms with Crippen LogP contribution in [0.5, 0.6) is 0 Å². The van der Waals surface area contributed by atoms with Gasteiger partial charge in [-0.3, -0.25) is 4.79 Å². The molecule has 1 aromatic carbocycles. The number of rotatable bonds is 5. The molecule has 1 saturated heterocycles. The molecule has 1 unspecified atom stereocenters. The van der Waals surface area contributed by atoms with Gasteiger partial charge in [0.2, 0.25) is 0 Å². The van der Waals surface area contributed by atoms with Gasteiger partial charge in [0.15, 0.2) is 5.16 Å². The summed E-state index contributed by atoms with van der Waals surface area (Å²) in [6.45, 7) is 3.00. The predicted molar refractivity (Wildman–Crippen MR) is 88.3 cm³/mol. The molecule has 0 spiro atoms. The Labute approximate surface area is 132 Å². The number of thioether (sulfide) groups is 2. The van der Waals surface area contributed by atoms with E-state index in [9.17, 15) is 4.79 Å². The second kappa shape index (κ2) is 6.32. The third-order valence-corrected chi connectivity index (χ3v) is 5.95. The van der Waals surface area contributed by atoms with Crippen molar-refractivity contribution in [2.75, 3.05) is 11.5 Å². The lowest BCUT2D eigenvalue weighted by molar-refractivity contribution is -0.133. The second-order valence-electron chi connectivity index (χ2n) is 5.31. The first-order chi connectivity index (χ1) is 10.1. The fourth-order valence-corrected chi connectivity index (χ4v) is 4.61. The summed E-state index contributed by atoms with van der Waals surface area (Å²) < 4.78 is 2.21. The van der Waals surface area contributed by atoms with Crippen molar-refractivity contribution in [3.63, 3.8) is 0 Å². The van der Waals surface area contributed by atoms with Gasteiger partial charge in [-0.05, 0) is 43.2 Å². The Morgan fingerprint density at radius 2 is 2.43 bits per heavy atom. The van der Waals surface area contributed by atoms with E-state index in [-0.39, 0.29) is 5.75 Å². The maximum Gasteiger partial charge on any atom is 0.313 e. The summed E-state index contributed by atoms with van der Waals surface area (Å²) in [5, 5.41) is 10.3. The summed E-state index contributed by atoms with van der Waals surface area (Å²) in [7, 11) is 0. The molecule has 0 aliphatic carbocycles. The number of aryl methyl sites for hydroxylation is 1. The zero-order valence-corrected chi connectivity index (χ0v) is 13.5. The van der Waals surface area contributed by atoms with Gasteiger partial charge in [-0.1, -0.05) is 17.8 Å². The summed E-state index contributed by atoms with van der Waals surface area (Å²) in [5.74, 6) is 0.485. The van der Waals surface area contributed by atoms with Crippen molar-refractivity contribution in [1.29, 1.82) is 0 Å². The molecular weight excluding hydrogens is 304 g/mol. The van der Waals surface area contributed by atoms with Crippen molar-refractivity contribution < 1.29 is 9.90 Å². The molecule has 1 atom stereocenters. The molecule has 0 saturated carbocycles. The maximum absolute atomic E-state index is 10.8. The number of fused-ring (bicyclic) bond motifs is 1. The molecule has 2 aromatic rings. The SMILES string of the molecule is Cc1ccc2nc(SCC(=O)O)n(CC3CCCS3)c2c1. The summed E-state index contributed by atoms with van der Waals surface area (Å²) in [5.41, 5.74) is 3.28. The number of hydrogen-bond donors (Lipinski definition) is 1. The molecule has 0 bridgehead atoms. The zero-order chi connectivity index (χ0) is 14.8. The van der Waals surface area contributed by atoms with Gasteiger partial charge in [-0.15, -0.1) is 0 Å². The molecular formula is C15H18N2O2S2. The molecule has 4 nitrogen and oxygen atoms in total. The van der Waals surface area contributed by atoms with Gasteiger partial charge in [0.05, 0.1) is 16.8 Å². The Hall–Kier alpha value is -1.14. The minimum atomic E-state index is -0.801. The van der Waals surface area contributed by atoms with Crippen molar-refractivity contribution in [2.45, 2.75) is 36.7 Å². The number of nitrogens with zero attached hydrogens (tertiary/aromatic N) is 2. The summed E-state index contributed by atoms with van der Waals surface area (Å²) >= 11 is 3.33. The third-order valence-electron chi connectivity index (χ3n) is 3.60. The van der Waals surface area contributed by atoms with Crippen LogP contribution in [0.4, 0.5) is 0 Å². The lowest BCUT2D eigenvalue weighted by atomic mass is 10.2. The van der Waals surface area contributed by atoms with Crippen molar-refractivity contribution >= 4 is 40.5 Å². The van der Waals surface area contributed by atoms with Crippen LogP contribution in [-0.2, 0) is 11.3 Å². The first kappa shape index (κ1) is 14.8. The molecule has 0 amide bonds. The van der Waals surface area contributed by atoms with E-state index in [4.69, 9.17) is 5.11 Å². The van der Waals surface area contributed by atoms with Crippen molar-refractivity contribution in [1.82, 2.24) is 9.55 Å². The Bertz CT molecular complexity index is 663. The van der Waals surface area contributed by atoms with E-state index in [0.29, 0.717) is 5.25 Å². The quantitative estimate of drug-likeness (QED) is 0.855. The van der Waals surface area contributed by atoms with E-state index in [2.05, 4.69) is 28.6 Å². The van der Waals surface area contributed by atoms with Crippen molar-refractivity contribution in [3.05, 3.63) is 23.8 Å². The maximum atomic E-state index is 10.8. The predicted octanol–water partition coefficient (Wildman–Crippen LogP) is 3.42. The second-order valence-corrected chi connectivity index (χ2v) is 7.67. The van der Waals surface area contributed by atoms with Gasteiger partial charge in [-0.2, -0.15) is 11.8 Å². The number of benzene rings is 1. The number of aliphatic carboxylic acids is 1. The highest BCUT2D eigenvalue weighted by Gasteiger charge is 2.20. The first-order valence-electron chi connectivity index (χ1n) is 7.06. The number of aromatic nitrogens is 2. The third kappa shape index (κ3) is 3.37. The average molecular weight is 322 g/mol. The Morgan fingerprint density at radius 3 is 3.14 bits per heavy atom. The normalized spacial score (nSPS) is 18.4. The number of hydrogen-bond acceptors (Lipinski definition) is 4. The largest absolute Gasteiger partial charge is 0.481 e. The Morgan fingerprint density at radius 1 is 1.57 bits per heavy atom. The summed E-state index contributed by atoms with van der Waals surface area (Å²) in [4.78, 5) is 15.5. The van der Waals surface area contributed by atoms with Crippen LogP contribution >= 0.6 is 23.5 Å².